The zero-order valence-corrected chi connectivity index (χ0v) is 20.8. The average Bonchev–Trinajstić information content (AvgIpc) is 3.46. The highest BCUT2D eigenvalue weighted by Crippen LogP contribution is 2.32. The maximum absolute atomic E-state index is 12.9. The largest absolute Gasteiger partial charge is 0.342 e. The number of hydrogen-bond acceptors (Lipinski definition) is 9. The molecular formula is C25H33N9O2. The Balaban J connectivity index is 0.00000200. The van der Waals surface area contributed by atoms with Gasteiger partial charge in [0.2, 0.25) is 11.8 Å². The van der Waals surface area contributed by atoms with Crippen LogP contribution >= 0.6 is 0 Å². The van der Waals surface area contributed by atoms with Gasteiger partial charge < -0.3 is 15.2 Å². The first-order valence-electron chi connectivity index (χ1n) is 12.0. The van der Waals surface area contributed by atoms with Crippen molar-refractivity contribution in [3.8, 4) is 11.4 Å². The predicted octanol–water partition coefficient (Wildman–Crippen LogP) is 4.39. The summed E-state index contributed by atoms with van der Waals surface area (Å²) < 4.78 is 7.00. The number of carbonyl (C=O) groups excluding carboxylic acids is 1. The molecule has 0 spiro atoms. The van der Waals surface area contributed by atoms with Crippen LogP contribution in [0.1, 0.15) is 76.6 Å². The Labute approximate surface area is 211 Å². The molecular weight excluding hydrogens is 458 g/mol. The van der Waals surface area contributed by atoms with E-state index in [1.54, 1.807) is 10.9 Å². The summed E-state index contributed by atoms with van der Waals surface area (Å²) in [6.07, 6.45) is 8.83. The summed E-state index contributed by atoms with van der Waals surface area (Å²) in [4.78, 5) is 30.4. The third-order valence-corrected chi connectivity index (χ3v) is 6.07. The van der Waals surface area contributed by atoms with Gasteiger partial charge in [-0.1, -0.05) is 44.5 Å². The van der Waals surface area contributed by atoms with E-state index in [0.29, 0.717) is 17.7 Å². The van der Waals surface area contributed by atoms with Crippen LogP contribution < -0.4 is 10.6 Å². The highest BCUT2D eigenvalue weighted by atomic mass is 16.5. The number of benzene rings is 1. The lowest BCUT2D eigenvalue weighted by molar-refractivity contribution is 0.0921. The van der Waals surface area contributed by atoms with Gasteiger partial charge in [-0.05, 0) is 36.5 Å². The number of amides is 1. The standard InChI is InChI=1S/C25H29N9O2.2H2/c1-25(2,3)23-31-21(33-36-23)22(35)30-19-8-6-5-7-15-11-16(9-10-18(15)19)20-26-14-27-24(32-20)29-17-12-28-34(4)13-17;;/h9-14,19H,5-8H2,1-4H3,(H,30,35)(H,26,27,29,32);2*1H/t19-;;/m1../s1. The Kier molecular flexibility index (Phi) is 6.21. The molecule has 4 aromatic rings. The summed E-state index contributed by atoms with van der Waals surface area (Å²) in [5, 5.41) is 14.3. The van der Waals surface area contributed by atoms with Gasteiger partial charge in [-0.15, -0.1) is 0 Å². The fourth-order valence-electron chi connectivity index (χ4n) is 4.22. The van der Waals surface area contributed by atoms with Crippen molar-refractivity contribution in [1.29, 1.82) is 0 Å². The highest BCUT2D eigenvalue weighted by molar-refractivity contribution is 5.90. The Morgan fingerprint density at radius 1 is 1.19 bits per heavy atom. The minimum absolute atomic E-state index is 0. The minimum Gasteiger partial charge on any atom is -0.342 e. The molecule has 11 nitrogen and oxygen atoms in total. The van der Waals surface area contributed by atoms with E-state index in [2.05, 4.69) is 53.0 Å². The molecule has 1 aliphatic rings. The van der Waals surface area contributed by atoms with Gasteiger partial charge in [0.15, 0.2) is 5.82 Å². The van der Waals surface area contributed by atoms with Crippen LogP contribution in [0, 0.1) is 0 Å². The minimum atomic E-state index is -0.334. The number of fused-ring (bicyclic) bond motifs is 1. The molecule has 3 heterocycles. The van der Waals surface area contributed by atoms with Crippen LogP contribution in [-0.2, 0) is 18.9 Å². The average molecular weight is 492 g/mol. The van der Waals surface area contributed by atoms with Crippen LogP contribution in [-0.4, -0.2) is 40.8 Å². The fraction of sp³-hybridized carbons (Fsp3) is 0.400. The monoisotopic (exact) mass is 491 g/mol. The predicted molar refractivity (Wildman–Crippen MR) is 137 cm³/mol. The molecule has 1 aromatic carbocycles. The maximum atomic E-state index is 12.9. The van der Waals surface area contributed by atoms with Gasteiger partial charge >= 0.3 is 0 Å². The zero-order chi connectivity index (χ0) is 25.3. The van der Waals surface area contributed by atoms with Crippen molar-refractivity contribution in [3.05, 3.63) is 59.8 Å². The lowest BCUT2D eigenvalue weighted by atomic mass is 9.96. The topological polar surface area (TPSA) is 137 Å². The second-order valence-corrected chi connectivity index (χ2v) is 10.0. The van der Waals surface area contributed by atoms with Crippen LogP contribution in [0.5, 0.6) is 0 Å². The second kappa shape index (κ2) is 9.48. The van der Waals surface area contributed by atoms with Crippen molar-refractivity contribution in [2.45, 2.75) is 57.9 Å². The molecule has 1 aliphatic carbocycles. The van der Waals surface area contributed by atoms with Gasteiger partial charge in [-0.3, -0.25) is 9.48 Å². The molecule has 0 bridgehead atoms. The molecule has 1 atom stereocenters. The van der Waals surface area contributed by atoms with Crippen molar-refractivity contribution < 1.29 is 12.2 Å². The molecule has 0 fully saturated rings. The molecule has 3 aromatic heterocycles. The van der Waals surface area contributed by atoms with Gasteiger partial charge in [0.05, 0.1) is 17.9 Å². The second-order valence-electron chi connectivity index (χ2n) is 10.0. The van der Waals surface area contributed by atoms with Gasteiger partial charge in [0.25, 0.3) is 11.7 Å². The van der Waals surface area contributed by atoms with Crippen LogP contribution in [0.15, 0.2) is 41.4 Å². The van der Waals surface area contributed by atoms with E-state index < -0.39 is 0 Å². The maximum Gasteiger partial charge on any atom is 0.293 e. The quantitative estimate of drug-likeness (QED) is 0.389. The van der Waals surface area contributed by atoms with E-state index in [-0.39, 0.29) is 26.0 Å². The van der Waals surface area contributed by atoms with E-state index in [1.165, 1.54) is 11.9 Å². The SMILES string of the molecule is Cn1cc(Nc2ncnc(-c3ccc4c(c3)CCCC[C@H]4NC(=O)c3noc(C(C)(C)C)n3)n2)cn1.[HH].[HH]. The van der Waals surface area contributed by atoms with Crippen molar-refractivity contribution in [2.75, 3.05) is 5.32 Å². The summed E-state index contributed by atoms with van der Waals surface area (Å²) in [5.74, 6) is 1.18. The molecule has 5 rings (SSSR count). The molecule has 36 heavy (non-hydrogen) atoms. The molecule has 190 valence electrons. The first-order valence-corrected chi connectivity index (χ1v) is 12.0. The van der Waals surface area contributed by atoms with Crippen molar-refractivity contribution in [3.63, 3.8) is 0 Å². The van der Waals surface area contributed by atoms with E-state index >= 15 is 0 Å². The number of anilines is 2. The molecule has 0 radical (unpaired) electrons. The molecule has 0 saturated heterocycles. The number of hydrogen-bond donors (Lipinski definition) is 2. The lowest BCUT2D eigenvalue weighted by Gasteiger charge is -2.19. The molecule has 0 aliphatic heterocycles. The molecule has 2 N–H and O–H groups in total. The van der Waals surface area contributed by atoms with E-state index in [9.17, 15) is 4.79 Å². The first-order chi connectivity index (χ1) is 17.3. The van der Waals surface area contributed by atoms with Gasteiger partial charge in [-0.25, -0.2) is 9.97 Å². The van der Waals surface area contributed by atoms with E-state index in [4.69, 9.17) is 4.52 Å². The first kappa shape index (κ1) is 23.6. The van der Waals surface area contributed by atoms with Crippen molar-refractivity contribution in [1.82, 2.24) is 40.2 Å². The van der Waals surface area contributed by atoms with Gasteiger partial charge in [0.1, 0.15) is 6.33 Å². The lowest BCUT2D eigenvalue weighted by Crippen LogP contribution is -2.29. The summed E-state index contributed by atoms with van der Waals surface area (Å²) in [7, 11) is 1.85. The summed E-state index contributed by atoms with van der Waals surface area (Å²) in [6, 6.07) is 6.00. The highest BCUT2D eigenvalue weighted by Gasteiger charge is 2.27. The van der Waals surface area contributed by atoms with Crippen LogP contribution in [0.4, 0.5) is 11.6 Å². The van der Waals surface area contributed by atoms with Crippen molar-refractivity contribution >= 4 is 17.5 Å². The molecule has 11 heteroatoms. The van der Waals surface area contributed by atoms with Crippen LogP contribution in [0.3, 0.4) is 0 Å². The summed E-state index contributed by atoms with van der Waals surface area (Å²) >= 11 is 0. The third kappa shape index (κ3) is 5.09. The molecule has 0 unspecified atom stereocenters. The van der Waals surface area contributed by atoms with Crippen LogP contribution in [0.25, 0.3) is 11.4 Å². The van der Waals surface area contributed by atoms with Gasteiger partial charge in [0, 0.05) is 27.1 Å². The van der Waals surface area contributed by atoms with E-state index in [1.807, 2.05) is 40.1 Å². The zero-order valence-electron chi connectivity index (χ0n) is 20.8. The fourth-order valence-corrected chi connectivity index (χ4v) is 4.22. The summed E-state index contributed by atoms with van der Waals surface area (Å²) in [6.45, 7) is 5.89. The normalized spacial score (nSPS) is 15.7. The van der Waals surface area contributed by atoms with E-state index in [0.717, 1.165) is 42.5 Å². The molecule has 1 amide bonds. The smallest absolute Gasteiger partial charge is 0.293 e. The number of carbonyl (C=O) groups is 1. The van der Waals surface area contributed by atoms with Gasteiger partial charge in [-0.2, -0.15) is 15.1 Å². The van der Waals surface area contributed by atoms with Crippen molar-refractivity contribution in [2.24, 2.45) is 7.05 Å². The summed E-state index contributed by atoms with van der Waals surface area (Å²) in [5.41, 5.74) is 3.63. The Bertz CT molecular complexity index is 1400. The Morgan fingerprint density at radius 3 is 2.81 bits per heavy atom. The Morgan fingerprint density at radius 2 is 2.06 bits per heavy atom. The Hall–Kier alpha value is -4.15. The molecule has 0 saturated carbocycles. The van der Waals surface area contributed by atoms with Crippen LogP contribution in [0.2, 0.25) is 0 Å². The third-order valence-electron chi connectivity index (χ3n) is 6.07. The number of nitrogens with one attached hydrogen (secondary N) is 2. The number of aryl methyl sites for hydroxylation is 2. The number of nitrogens with zero attached hydrogens (tertiary/aromatic N) is 7. The number of rotatable bonds is 5. The number of aromatic nitrogens is 7.